The van der Waals surface area contributed by atoms with Crippen LogP contribution in [-0.2, 0) is 14.3 Å². The molecular weight excluding hydrogens is 192 g/mol. The smallest absolute Gasteiger partial charge is 0.160 e. The van der Waals surface area contributed by atoms with Crippen molar-refractivity contribution in [2.75, 3.05) is 13.7 Å². The molecule has 0 saturated carbocycles. The van der Waals surface area contributed by atoms with Crippen molar-refractivity contribution in [1.82, 2.24) is 0 Å². The first-order valence-corrected chi connectivity index (χ1v) is 5.46. The van der Waals surface area contributed by atoms with E-state index in [1.165, 1.54) is 0 Å². The molecule has 3 heteroatoms. The van der Waals surface area contributed by atoms with Crippen molar-refractivity contribution in [1.29, 1.82) is 0 Å². The molecule has 1 rings (SSSR count). The molecular formula is C12H20O3. The van der Waals surface area contributed by atoms with E-state index < -0.39 is 0 Å². The van der Waals surface area contributed by atoms with Crippen LogP contribution in [0.1, 0.15) is 26.7 Å². The third-order valence-electron chi connectivity index (χ3n) is 2.94. The molecule has 86 valence electrons. The van der Waals surface area contributed by atoms with E-state index >= 15 is 0 Å². The second-order valence-corrected chi connectivity index (χ2v) is 4.15. The first-order chi connectivity index (χ1) is 7.15. The van der Waals surface area contributed by atoms with Gasteiger partial charge in [0.15, 0.2) is 12.1 Å². The number of hydrogen-bond donors (Lipinski definition) is 0. The van der Waals surface area contributed by atoms with Gasteiger partial charge in [-0.25, -0.2) is 0 Å². The fourth-order valence-corrected chi connectivity index (χ4v) is 1.93. The number of methoxy groups -OCH3 is 1. The van der Waals surface area contributed by atoms with Crippen LogP contribution in [0.5, 0.6) is 0 Å². The summed E-state index contributed by atoms with van der Waals surface area (Å²) in [7, 11) is 1.68. The van der Waals surface area contributed by atoms with Crippen LogP contribution >= 0.6 is 0 Å². The summed E-state index contributed by atoms with van der Waals surface area (Å²) in [6.45, 7) is 4.49. The van der Waals surface area contributed by atoms with Crippen molar-refractivity contribution in [3.05, 3.63) is 12.2 Å². The first-order valence-electron chi connectivity index (χ1n) is 5.46. The van der Waals surface area contributed by atoms with Crippen LogP contribution in [0, 0.1) is 11.8 Å². The van der Waals surface area contributed by atoms with E-state index in [2.05, 4.69) is 6.92 Å². The zero-order valence-corrected chi connectivity index (χ0v) is 9.73. The van der Waals surface area contributed by atoms with E-state index in [0.717, 1.165) is 19.4 Å². The highest BCUT2D eigenvalue weighted by molar-refractivity contribution is 5.87. The second kappa shape index (κ2) is 6.03. The topological polar surface area (TPSA) is 35.5 Å². The number of hydrogen-bond acceptors (Lipinski definition) is 3. The molecule has 0 aliphatic carbocycles. The van der Waals surface area contributed by atoms with Gasteiger partial charge in [-0.05, 0) is 31.8 Å². The molecule has 0 amide bonds. The molecule has 1 aliphatic heterocycles. The number of allylic oxidation sites excluding steroid dienone is 2. The Balaban J connectivity index is 2.25. The maximum atomic E-state index is 10.7. The Kier molecular flexibility index (Phi) is 4.99. The van der Waals surface area contributed by atoms with Gasteiger partial charge in [0.2, 0.25) is 0 Å². The molecule has 3 nitrogen and oxygen atoms in total. The lowest BCUT2D eigenvalue weighted by Crippen LogP contribution is -2.18. The van der Waals surface area contributed by atoms with Gasteiger partial charge in [0, 0.05) is 13.0 Å². The molecule has 0 aromatic heterocycles. The van der Waals surface area contributed by atoms with E-state index in [1.807, 2.05) is 6.08 Å². The summed E-state index contributed by atoms with van der Waals surface area (Å²) in [5, 5.41) is 0. The van der Waals surface area contributed by atoms with E-state index in [9.17, 15) is 4.79 Å². The Labute approximate surface area is 91.4 Å². The molecule has 1 heterocycles. The summed E-state index contributed by atoms with van der Waals surface area (Å²) >= 11 is 0. The van der Waals surface area contributed by atoms with Gasteiger partial charge in [-0.1, -0.05) is 13.0 Å². The van der Waals surface area contributed by atoms with Gasteiger partial charge in [-0.2, -0.15) is 0 Å². The maximum Gasteiger partial charge on any atom is 0.160 e. The number of rotatable bonds is 5. The lowest BCUT2D eigenvalue weighted by molar-refractivity contribution is -0.112. The maximum absolute atomic E-state index is 10.7. The van der Waals surface area contributed by atoms with Gasteiger partial charge in [0.05, 0.1) is 6.61 Å². The van der Waals surface area contributed by atoms with Gasteiger partial charge in [0.25, 0.3) is 0 Å². The minimum absolute atomic E-state index is 0.0493. The fourth-order valence-electron chi connectivity index (χ4n) is 1.93. The monoisotopic (exact) mass is 212 g/mol. The van der Waals surface area contributed by atoms with Crippen LogP contribution in [0.15, 0.2) is 12.2 Å². The minimum Gasteiger partial charge on any atom is -0.356 e. The van der Waals surface area contributed by atoms with Crippen molar-refractivity contribution in [2.45, 2.75) is 33.0 Å². The molecule has 3 unspecified atom stereocenters. The van der Waals surface area contributed by atoms with Crippen LogP contribution in [0.2, 0.25) is 0 Å². The number of ketones is 1. The molecule has 0 spiro atoms. The zero-order chi connectivity index (χ0) is 11.3. The summed E-state index contributed by atoms with van der Waals surface area (Å²) in [5.74, 6) is 1.10. The van der Waals surface area contributed by atoms with Gasteiger partial charge in [-0.15, -0.1) is 0 Å². The number of carbonyl (C=O) groups excluding carboxylic acids is 1. The number of carbonyl (C=O) groups is 1. The lowest BCUT2D eigenvalue weighted by Gasteiger charge is -2.16. The Morgan fingerprint density at radius 3 is 2.87 bits per heavy atom. The van der Waals surface area contributed by atoms with Crippen molar-refractivity contribution >= 4 is 5.78 Å². The van der Waals surface area contributed by atoms with Crippen molar-refractivity contribution in [3.8, 4) is 0 Å². The van der Waals surface area contributed by atoms with Crippen LogP contribution < -0.4 is 0 Å². The van der Waals surface area contributed by atoms with Gasteiger partial charge < -0.3 is 9.47 Å². The predicted octanol–water partition coefficient (Wildman–Crippen LogP) is 2.17. The first kappa shape index (κ1) is 12.4. The molecule has 15 heavy (non-hydrogen) atoms. The fraction of sp³-hybridized carbons (Fsp3) is 0.750. The van der Waals surface area contributed by atoms with Crippen LogP contribution in [0.25, 0.3) is 0 Å². The molecule has 0 bridgehead atoms. The highest BCUT2D eigenvalue weighted by atomic mass is 16.7. The van der Waals surface area contributed by atoms with Crippen molar-refractivity contribution in [3.63, 3.8) is 0 Å². The molecule has 1 aliphatic rings. The Morgan fingerprint density at radius 2 is 2.33 bits per heavy atom. The van der Waals surface area contributed by atoms with Crippen LogP contribution in [-0.4, -0.2) is 25.8 Å². The molecule has 3 atom stereocenters. The predicted molar refractivity (Wildman–Crippen MR) is 58.5 cm³/mol. The second-order valence-electron chi connectivity index (χ2n) is 4.15. The Morgan fingerprint density at radius 1 is 1.60 bits per heavy atom. The van der Waals surface area contributed by atoms with E-state index in [-0.39, 0.29) is 12.1 Å². The quantitative estimate of drug-likeness (QED) is 0.655. The summed E-state index contributed by atoms with van der Waals surface area (Å²) in [6.07, 6.45) is 5.52. The van der Waals surface area contributed by atoms with Crippen molar-refractivity contribution < 1.29 is 14.3 Å². The van der Waals surface area contributed by atoms with E-state index in [0.29, 0.717) is 11.8 Å². The van der Waals surface area contributed by atoms with Crippen molar-refractivity contribution in [2.24, 2.45) is 11.8 Å². The third-order valence-corrected chi connectivity index (χ3v) is 2.94. The minimum atomic E-state index is -0.0493. The van der Waals surface area contributed by atoms with Crippen LogP contribution in [0.4, 0.5) is 0 Å². The lowest BCUT2D eigenvalue weighted by atomic mass is 9.92. The summed E-state index contributed by atoms with van der Waals surface area (Å²) in [6, 6.07) is 0. The highest BCUT2D eigenvalue weighted by Gasteiger charge is 2.32. The normalized spacial score (nSPS) is 31.3. The summed E-state index contributed by atoms with van der Waals surface area (Å²) < 4.78 is 10.7. The average molecular weight is 212 g/mol. The zero-order valence-electron chi connectivity index (χ0n) is 9.73. The van der Waals surface area contributed by atoms with Gasteiger partial charge >= 0.3 is 0 Å². The van der Waals surface area contributed by atoms with E-state index in [4.69, 9.17) is 9.47 Å². The molecule has 0 N–H and O–H groups in total. The average Bonchev–Trinajstić information content (AvgIpc) is 2.54. The Hall–Kier alpha value is -0.670. The molecule has 0 radical (unpaired) electrons. The SMILES string of the molecule is COC1OCC(CCC=CC(C)=O)C1C. The molecule has 1 fully saturated rings. The number of ether oxygens (including phenoxy) is 2. The van der Waals surface area contributed by atoms with Crippen LogP contribution in [0.3, 0.4) is 0 Å². The summed E-state index contributed by atoms with van der Waals surface area (Å²) in [5.41, 5.74) is 0. The Bertz CT molecular complexity index is 235. The van der Waals surface area contributed by atoms with Gasteiger partial charge in [-0.3, -0.25) is 4.79 Å². The van der Waals surface area contributed by atoms with Gasteiger partial charge in [0.1, 0.15) is 0 Å². The third kappa shape index (κ3) is 3.76. The highest BCUT2D eigenvalue weighted by Crippen LogP contribution is 2.30. The van der Waals surface area contributed by atoms with E-state index in [1.54, 1.807) is 20.1 Å². The summed E-state index contributed by atoms with van der Waals surface area (Å²) in [4.78, 5) is 10.7. The standard InChI is InChI=1S/C12H20O3/c1-9(13)6-4-5-7-11-8-15-12(14-3)10(11)2/h4,6,10-12H,5,7-8H2,1-3H3. The molecule has 0 aromatic carbocycles. The molecule has 0 aromatic rings. The molecule has 1 saturated heterocycles. The largest absolute Gasteiger partial charge is 0.356 e.